The van der Waals surface area contributed by atoms with Crippen molar-refractivity contribution in [3.8, 4) is 17.4 Å². The van der Waals surface area contributed by atoms with Gasteiger partial charge in [-0.25, -0.2) is 9.78 Å². The molecule has 1 N–H and O–H groups in total. The number of esters is 1. The molecular weight excluding hydrogens is 576 g/mol. The number of hydrogen-bond acceptors (Lipinski definition) is 5. The van der Waals surface area contributed by atoms with E-state index in [4.69, 9.17) is 9.47 Å². The van der Waals surface area contributed by atoms with E-state index in [0.29, 0.717) is 17.2 Å². The van der Waals surface area contributed by atoms with Crippen molar-refractivity contribution >= 4 is 46.7 Å². The van der Waals surface area contributed by atoms with Gasteiger partial charge < -0.3 is 14.6 Å². The fraction of sp³-hybridized carbons (Fsp3) is 0.200. The number of benzene rings is 1. The van der Waals surface area contributed by atoms with E-state index in [1.165, 1.54) is 13.3 Å². The van der Waals surface area contributed by atoms with Crippen LogP contribution in [-0.2, 0) is 26.0 Å². The van der Waals surface area contributed by atoms with Gasteiger partial charge in [-0.05, 0) is 36.6 Å². The zero-order valence-electron chi connectivity index (χ0n) is 12.0. The Balaban J connectivity index is 0.000000595. The molecule has 127 valence electrons. The number of carbonyl (C=O) groups excluding carboxylic acids is 1. The molecule has 1 aromatic heterocycles. The Kier molecular flexibility index (Phi) is 7.38. The molecule has 0 amide bonds. The number of pyridine rings is 1. The standard InChI is InChI=1S/C15H13NO4.Cu.2HI/c1-19-15(18)11-5-3-9-2-4-10-6-12(17)8-16-14(10)20-13(9)7-11;;;/h3,5-8,17H,2,4H2,1H3;;2*1H/q;+2;;/p-2. The summed E-state index contributed by atoms with van der Waals surface area (Å²) in [5.74, 6) is 0.779. The fourth-order valence-electron chi connectivity index (χ4n) is 2.23. The van der Waals surface area contributed by atoms with Crippen LogP contribution >= 0.6 is 40.7 Å². The molecule has 8 heteroatoms. The number of ether oxygens (including phenoxy) is 2. The van der Waals surface area contributed by atoms with E-state index in [9.17, 15) is 9.90 Å². The molecular formula is C15H13CuI2NO4. The molecule has 23 heavy (non-hydrogen) atoms. The number of methoxy groups -OCH3 is 1. The van der Waals surface area contributed by atoms with Crippen LogP contribution in [0.15, 0.2) is 30.5 Å². The van der Waals surface area contributed by atoms with Crippen molar-refractivity contribution in [1.82, 2.24) is 4.98 Å². The Morgan fingerprint density at radius 2 is 2.00 bits per heavy atom. The van der Waals surface area contributed by atoms with Crippen LogP contribution in [0.25, 0.3) is 0 Å². The molecule has 0 spiro atoms. The summed E-state index contributed by atoms with van der Waals surface area (Å²) in [4.78, 5) is 15.6. The van der Waals surface area contributed by atoms with Crippen molar-refractivity contribution < 1.29 is 27.8 Å². The summed E-state index contributed by atoms with van der Waals surface area (Å²) in [6, 6.07) is 6.88. The van der Waals surface area contributed by atoms with Crippen molar-refractivity contribution in [3.05, 3.63) is 47.2 Å². The monoisotopic (exact) mass is 588 g/mol. The molecule has 5 nitrogen and oxygen atoms in total. The molecule has 1 aliphatic heterocycles. The maximum absolute atomic E-state index is 11.5. The van der Waals surface area contributed by atoms with Gasteiger partial charge in [0.2, 0.25) is 5.88 Å². The minimum atomic E-state index is -0.403. The van der Waals surface area contributed by atoms with Crippen LogP contribution in [0, 0.1) is 0 Å². The average Bonchev–Trinajstić information content (AvgIpc) is 2.73. The number of hydrogen-bond donors (Lipinski definition) is 1. The van der Waals surface area contributed by atoms with Crippen molar-refractivity contribution in [2.75, 3.05) is 7.11 Å². The van der Waals surface area contributed by atoms with Gasteiger partial charge in [0, 0.05) is 5.56 Å². The predicted octanol–water partition coefficient (Wildman–Crippen LogP) is 4.23. The van der Waals surface area contributed by atoms with E-state index >= 15 is 0 Å². The summed E-state index contributed by atoms with van der Waals surface area (Å²) >= 11 is 4.36. The number of fused-ring (bicyclic) bond motifs is 2. The van der Waals surface area contributed by atoms with Gasteiger partial charge in [0.05, 0.1) is 18.9 Å². The molecule has 2 aromatic rings. The van der Waals surface area contributed by atoms with E-state index in [1.54, 1.807) is 26.7 Å². The third-order valence-electron chi connectivity index (χ3n) is 3.27. The molecule has 2 heterocycles. The number of nitrogens with zero attached hydrogens (tertiary/aromatic N) is 1. The first-order chi connectivity index (χ1) is 11.1. The van der Waals surface area contributed by atoms with Crippen molar-refractivity contribution in [3.63, 3.8) is 0 Å². The van der Waals surface area contributed by atoms with Gasteiger partial charge in [0.15, 0.2) is 0 Å². The second-order valence-corrected chi connectivity index (χ2v) is 12.6. The summed E-state index contributed by atoms with van der Waals surface area (Å²) < 4.78 is 10.5. The second kappa shape index (κ2) is 9.05. The van der Waals surface area contributed by atoms with Crippen molar-refractivity contribution in [2.24, 2.45) is 0 Å². The Morgan fingerprint density at radius 1 is 1.30 bits per heavy atom. The van der Waals surface area contributed by atoms with Gasteiger partial charge in [-0.2, -0.15) is 0 Å². The van der Waals surface area contributed by atoms with E-state index in [0.717, 1.165) is 24.0 Å². The third kappa shape index (κ3) is 4.94. The van der Waals surface area contributed by atoms with Crippen LogP contribution in [0.4, 0.5) is 0 Å². The second-order valence-electron chi connectivity index (χ2n) is 4.62. The van der Waals surface area contributed by atoms with Crippen LogP contribution in [-0.4, -0.2) is 23.2 Å². The molecule has 0 saturated carbocycles. The van der Waals surface area contributed by atoms with E-state index in [2.05, 4.69) is 45.7 Å². The molecule has 0 aliphatic carbocycles. The summed E-state index contributed by atoms with van der Waals surface area (Å²) in [7, 11) is 3.09. The molecule has 1 aliphatic rings. The number of aromatic hydroxyl groups is 1. The quantitative estimate of drug-likeness (QED) is 0.307. The Hall–Kier alpha value is -0.581. The predicted molar refractivity (Wildman–Crippen MR) is 99.2 cm³/mol. The van der Waals surface area contributed by atoms with E-state index < -0.39 is 5.97 Å². The van der Waals surface area contributed by atoms with Crippen LogP contribution in [0.1, 0.15) is 21.5 Å². The SMILES string of the molecule is COC(=O)c1ccc2c(c1)Oc1ncc(O)cc1CC2.[I][Cu][I]. The van der Waals surface area contributed by atoms with Gasteiger partial charge in [-0.1, -0.05) is 6.07 Å². The molecule has 3 rings (SSSR count). The summed E-state index contributed by atoms with van der Waals surface area (Å²) in [6.07, 6.45) is 2.82. The number of halogens is 2. The topological polar surface area (TPSA) is 68.7 Å². The van der Waals surface area contributed by atoms with E-state index in [-0.39, 0.29) is 5.75 Å². The van der Waals surface area contributed by atoms with Crippen LogP contribution in [0.2, 0.25) is 0 Å². The Morgan fingerprint density at radius 3 is 2.70 bits per heavy atom. The van der Waals surface area contributed by atoms with Gasteiger partial charge in [0.1, 0.15) is 11.5 Å². The summed E-state index contributed by atoms with van der Waals surface area (Å²) in [5, 5.41) is 9.47. The molecule has 0 atom stereocenters. The normalized spacial score (nSPS) is 12.0. The third-order valence-corrected chi connectivity index (χ3v) is 3.27. The summed E-state index contributed by atoms with van der Waals surface area (Å²) in [5.41, 5.74) is 2.28. The number of aryl methyl sites for hydroxylation is 2. The van der Waals surface area contributed by atoms with Gasteiger partial charge in [-0.3, -0.25) is 0 Å². The average molecular weight is 589 g/mol. The Labute approximate surface area is 162 Å². The van der Waals surface area contributed by atoms with Gasteiger partial charge in [-0.15, -0.1) is 0 Å². The van der Waals surface area contributed by atoms with Crippen LogP contribution < -0.4 is 4.74 Å². The molecule has 0 fully saturated rings. The number of rotatable bonds is 1. The van der Waals surface area contributed by atoms with Gasteiger partial charge in [0.25, 0.3) is 0 Å². The first-order valence-corrected chi connectivity index (χ1v) is 12.5. The molecule has 0 radical (unpaired) electrons. The fourth-order valence-corrected chi connectivity index (χ4v) is 2.23. The first kappa shape index (κ1) is 18.8. The number of carbonyl (C=O) groups is 1. The maximum atomic E-state index is 11.5. The first-order valence-electron chi connectivity index (χ1n) is 6.47. The van der Waals surface area contributed by atoms with E-state index in [1.807, 2.05) is 6.07 Å². The van der Waals surface area contributed by atoms with Crippen LogP contribution in [0.3, 0.4) is 0 Å². The number of aromatic nitrogens is 1. The van der Waals surface area contributed by atoms with Crippen LogP contribution in [0.5, 0.6) is 17.4 Å². The zero-order valence-corrected chi connectivity index (χ0v) is 17.2. The van der Waals surface area contributed by atoms with Crippen molar-refractivity contribution in [1.29, 1.82) is 0 Å². The summed E-state index contributed by atoms with van der Waals surface area (Å²) in [6.45, 7) is 0. The molecule has 0 unspecified atom stereocenters. The molecule has 0 bridgehead atoms. The van der Waals surface area contributed by atoms with Gasteiger partial charge >= 0.3 is 55.1 Å². The molecule has 1 aromatic carbocycles. The van der Waals surface area contributed by atoms with Crippen molar-refractivity contribution in [2.45, 2.75) is 12.8 Å². The zero-order chi connectivity index (χ0) is 16.8. The molecule has 0 saturated heterocycles. The Bertz CT molecular complexity index is 712. The minimum absolute atomic E-state index is 0.119.